The lowest BCUT2D eigenvalue weighted by molar-refractivity contribution is 0.206. The molecular weight excluding hydrogens is 315 g/mol. The zero-order valence-electron chi connectivity index (χ0n) is 9.65. The molecule has 1 N–H and O–H groups in total. The van der Waals surface area contributed by atoms with Gasteiger partial charge < -0.3 is 10.2 Å². The van der Waals surface area contributed by atoms with E-state index in [2.05, 4.69) is 56.7 Å². The number of rotatable bonds is 2. The van der Waals surface area contributed by atoms with Gasteiger partial charge in [0.2, 0.25) is 0 Å². The summed E-state index contributed by atoms with van der Waals surface area (Å²) >= 11 is 2.27. The monoisotopic (exact) mass is 332 g/mol. The van der Waals surface area contributed by atoms with E-state index in [0.29, 0.717) is 12.0 Å². The Bertz CT molecular complexity index is 358. The predicted molar refractivity (Wildman–Crippen MR) is 73.4 cm³/mol. The fraction of sp³-hybridized carbons (Fsp3) is 0.636. The van der Waals surface area contributed by atoms with Crippen LogP contribution in [0.15, 0.2) is 12.5 Å². The smallest absolute Gasteiger partial charge is 0.143 e. The van der Waals surface area contributed by atoms with Gasteiger partial charge in [-0.05, 0) is 48.5 Å². The molecule has 1 aromatic rings. The Kier molecular flexibility index (Phi) is 3.96. The largest absolute Gasteiger partial charge is 0.366 e. The van der Waals surface area contributed by atoms with Gasteiger partial charge in [0.05, 0.1) is 3.57 Å². The Balaban J connectivity index is 2.02. The van der Waals surface area contributed by atoms with Gasteiger partial charge in [0.1, 0.15) is 12.1 Å². The number of nitrogens with one attached hydrogen (secondary N) is 1. The van der Waals surface area contributed by atoms with E-state index in [4.69, 9.17) is 0 Å². The van der Waals surface area contributed by atoms with Gasteiger partial charge in [-0.1, -0.05) is 6.92 Å². The number of likely N-dealkylation sites (tertiary alicyclic amines) is 1. The highest BCUT2D eigenvalue weighted by Gasteiger charge is 2.24. The lowest BCUT2D eigenvalue weighted by Crippen LogP contribution is -2.43. The minimum atomic E-state index is 0.527. The first-order valence-corrected chi connectivity index (χ1v) is 6.65. The third kappa shape index (κ3) is 2.82. The third-order valence-electron chi connectivity index (χ3n) is 3.10. The molecule has 88 valence electrons. The quantitative estimate of drug-likeness (QED) is 0.839. The van der Waals surface area contributed by atoms with E-state index >= 15 is 0 Å². The fourth-order valence-corrected chi connectivity index (χ4v) is 2.62. The molecule has 2 atom stereocenters. The van der Waals surface area contributed by atoms with Crippen LogP contribution in [0.5, 0.6) is 0 Å². The average molecular weight is 332 g/mol. The standard InChI is InChI=1S/C11H17IN4/c1-8-6-16(2)4-3-10(8)15-11-9(12)5-13-7-14-11/h5,7-8,10H,3-4,6H2,1-2H3,(H,13,14,15). The van der Waals surface area contributed by atoms with Gasteiger partial charge in [-0.2, -0.15) is 0 Å². The second kappa shape index (κ2) is 5.27. The Morgan fingerprint density at radius 1 is 1.56 bits per heavy atom. The molecule has 2 heterocycles. The van der Waals surface area contributed by atoms with Crippen molar-refractivity contribution in [2.24, 2.45) is 5.92 Å². The first-order valence-electron chi connectivity index (χ1n) is 5.57. The van der Waals surface area contributed by atoms with Gasteiger partial charge >= 0.3 is 0 Å². The summed E-state index contributed by atoms with van der Waals surface area (Å²) in [5, 5.41) is 3.53. The van der Waals surface area contributed by atoms with E-state index in [0.717, 1.165) is 22.5 Å². The van der Waals surface area contributed by atoms with Crippen molar-refractivity contribution in [3.8, 4) is 0 Å². The Labute approximate surface area is 110 Å². The minimum Gasteiger partial charge on any atom is -0.366 e. The zero-order chi connectivity index (χ0) is 11.5. The second-order valence-corrected chi connectivity index (χ2v) is 5.66. The third-order valence-corrected chi connectivity index (χ3v) is 3.89. The van der Waals surface area contributed by atoms with Crippen LogP contribution >= 0.6 is 22.6 Å². The normalized spacial score (nSPS) is 26.7. The Hall–Kier alpha value is -0.430. The topological polar surface area (TPSA) is 41.0 Å². The Morgan fingerprint density at radius 3 is 3.06 bits per heavy atom. The molecule has 5 heteroatoms. The molecule has 0 radical (unpaired) electrons. The molecule has 0 aromatic carbocycles. The molecule has 16 heavy (non-hydrogen) atoms. The number of halogens is 1. The molecule has 1 aromatic heterocycles. The van der Waals surface area contributed by atoms with Crippen LogP contribution in [-0.2, 0) is 0 Å². The SMILES string of the molecule is CC1CN(C)CCC1Nc1ncncc1I. The summed E-state index contributed by atoms with van der Waals surface area (Å²) in [6.07, 6.45) is 4.62. The van der Waals surface area contributed by atoms with Crippen LogP contribution in [-0.4, -0.2) is 41.0 Å². The molecule has 0 saturated carbocycles. The molecule has 4 nitrogen and oxygen atoms in total. The number of aromatic nitrogens is 2. The summed E-state index contributed by atoms with van der Waals surface area (Å²) in [6, 6.07) is 0.527. The van der Waals surface area contributed by atoms with E-state index < -0.39 is 0 Å². The molecule has 1 saturated heterocycles. The van der Waals surface area contributed by atoms with Crippen LogP contribution in [0.3, 0.4) is 0 Å². The van der Waals surface area contributed by atoms with E-state index in [1.54, 1.807) is 6.33 Å². The van der Waals surface area contributed by atoms with Crippen LogP contribution in [0.1, 0.15) is 13.3 Å². The van der Waals surface area contributed by atoms with Crippen molar-refractivity contribution in [2.45, 2.75) is 19.4 Å². The highest BCUT2D eigenvalue weighted by atomic mass is 127. The lowest BCUT2D eigenvalue weighted by Gasteiger charge is -2.35. The second-order valence-electron chi connectivity index (χ2n) is 4.50. The van der Waals surface area contributed by atoms with Crippen LogP contribution in [0, 0.1) is 9.49 Å². The van der Waals surface area contributed by atoms with Gasteiger partial charge in [0.15, 0.2) is 0 Å². The van der Waals surface area contributed by atoms with Crippen molar-refractivity contribution in [3.05, 3.63) is 16.1 Å². The number of hydrogen-bond acceptors (Lipinski definition) is 4. The van der Waals surface area contributed by atoms with E-state index in [9.17, 15) is 0 Å². The molecular formula is C11H17IN4. The van der Waals surface area contributed by atoms with Crippen molar-refractivity contribution in [1.29, 1.82) is 0 Å². The summed E-state index contributed by atoms with van der Waals surface area (Å²) in [4.78, 5) is 10.7. The molecule has 1 fully saturated rings. The molecule has 1 aliphatic heterocycles. The summed E-state index contributed by atoms with van der Waals surface area (Å²) in [7, 11) is 2.18. The van der Waals surface area contributed by atoms with Crippen molar-refractivity contribution >= 4 is 28.4 Å². The maximum absolute atomic E-state index is 4.28. The van der Waals surface area contributed by atoms with E-state index in [1.807, 2.05) is 6.20 Å². The van der Waals surface area contributed by atoms with Crippen LogP contribution < -0.4 is 5.32 Å². The molecule has 0 bridgehead atoms. The van der Waals surface area contributed by atoms with E-state index in [-0.39, 0.29) is 0 Å². The maximum Gasteiger partial charge on any atom is 0.143 e. The summed E-state index contributed by atoms with van der Waals surface area (Å²) in [5.74, 6) is 1.63. The zero-order valence-corrected chi connectivity index (χ0v) is 11.8. The lowest BCUT2D eigenvalue weighted by atomic mass is 9.94. The highest BCUT2D eigenvalue weighted by molar-refractivity contribution is 14.1. The molecule has 2 rings (SSSR count). The van der Waals surface area contributed by atoms with Crippen LogP contribution in [0.2, 0.25) is 0 Å². The predicted octanol–water partition coefficient (Wildman–Crippen LogP) is 1.83. The summed E-state index contributed by atoms with van der Waals surface area (Å²) in [5.41, 5.74) is 0. The molecule has 2 unspecified atom stereocenters. The Morgan fingerprint density at radius 2 is 2.38 bits per heavy atom. The number of nitrogens with zero attached hydrogens (tertiary/aromatic N) is 3. The van der Waals surface area contributed by atoms with Gasteiger partial charge in [-0.3, -0.25) is 0 Å². The minimum absolute atomic E-state index is 0.527. The first kappa shape index (κ1) is 12.0. The van der Waals surface area contributed by atoms with E-state index in [1.165, 1.54) is 6.42 Å². The fourth-order valence-electron chi connectivity index (χ4n) is 2.16. The van der Waals surface area contributed by atoms with Crippen molar-refractivity contribution in [1.82, 2.24) is 14.9 Å². The molecule has 1 aliphatic rings. The average Bonchev–Trinajstić information content (AvgIpc) is 2.25. The maximum atomic E-state index is 4.28. The van der Waals surface area contributed by atoms with Gasteiger partial charge in [0, 0.05) is 18.8 Å². The van der Waals surface area contributed by atoms with Crippen LogP contribution in [0.4, 0.5) is 5.82 Å². The summed E-state index contributed by atoms with van der Waals surface area (Å²) in [6.45, 7) is 4.60. The number of piperidine rings is 1. The van der Waals surface area contributed by atoms with Crippen molar-refractivity contribution in [2.75, 3.05) is 25.5 Å². The van der Waals surface area contributed by atoms with Crippen molar-refractivity contribution < 1.29 is 0 Å². The van der Waals surface area contributed by atoms with Crippen molar-refractivity contribution in [3.63, 3.8) is 0 Å². The first-order chi connectivity index (χ1) is 7.66. The number of anilines is 1. The molecule has 0 aliphatic carbocycles. The number of hydrogen-bond donors (Lipinski definition) is 1. The summed E-state index contributed by atoms with van der Waals surface area (Å²) < 4.78 is 1.09. The van der Waals surface area contributed by atoms with Crippen LogP contribution in [0.25, 0.3) is 0 Å². The highest BCUT2D eigenvalue weighted by Crippen LogP contribution is 2.21. The van der Waals surface area contributed by atoms with Gasteiger partial charge in [0.25, 0.3) is 0 Å². The molecule has 0 amide bonds. The van der Waals surface area contributed by atoms with Gasteiger partial charge in [-0.15, -0.1) is 0 Å². The van der Waals surface area contributed by atoms with Gasteiger partial charge in [-0.25, -0.2) is 9.97 Å². The molecule has 0 spiro atoms.